The van der Waals surface area contributed by atoms with Crippen LogP contribution in [0.5, 0.6) is 0 Å². The van der Waals surface area contributed by atoms with Gasteiger partial charge in [0.1, 0.15) is 0 Å². The summed E-state index contributed by atoms with van der Waals surface area (Å²) in [5.41, 5.74) is 0. The maximum absolute atomic E-state index is 4.15. The summed E-state index contributed by atoms with van der Waals surface area (Å²) in [6.07, 6.45) is 3.71. The second-order valence-corrected chi connectivity index (χ2v) is 4.67. The van der Waals surface area contributed by atoms with Crippen molar-refractivity contribution >= 4 is 40.4 Å². The van der Waals surface area contributed by atoms with E-state index in [2.05, 4.69) is 17.6 Å². The van der Waals surface area contributed by atoms with Crippen LogP contribution in [0.1, 0.15) is 0 Å². The van der Waals surface area contributed by atoms with Gasteiger partial charge in [0.2, 0.25) is 0 Å². The predicted octanol–water partition coefficient (Wildman–Crippen LogP) is 1.57. The van der Waals surface area contributed by atoms with Gasteiger partial charge in [-0.25, -0.2) is 0 Å². The molecule has 0 aliphatic carbocycles. The molecule has 0 fully saturated rings. The number of thiol groups is 1. The van der Waals surface area contributed by atoms with Crippen molar-refractivity contribution in [3.05, 3.63) is 12.3 Å². The summed E-state index contributed by atoms with van der Waals surface area (Å²) in [6.45, 7) is 0. The fraction of sp³-hybridized carbons (Fsp3) is 0. The smallest absolute Gasteiger partial charge is 0.0607 e. The normalized spacial score (nSPS) is 18.1. The first-order chi connectivity index (χ1) is 3.39. The van der Waals surface area contributed by atoms with Gasteiger partial charge in [-0.2, -0.15) is 0 Å². The zero-order valence-electron chi connectivity index (χ0n) is 3.50. The minimum absolute atomic E-state index is 0.0543. The Labute approximate surface area is 57.7 Å². The minimum Gasteiger partial charge on any atom is -0.259 e. The number of rotatable bonds is 0. The molecule has 0 aromatic rings. The van der Waals surface area contributed by atoms with Crippen LogP contribution in [-0.4, -0.2) is 7.06 Å². The number of aliphatic imine (C=N–C) groups is 1. The standard InChI is InChI=1S/C4H4INS/c7-4-1-2-6-3-5-4/h1-3,7H. The zero-order valence-corrected chi connectivity index (χ0v) is 6.56. The molecule has 7 heavy (non-hydrogen) atoms. The van der Waals surface area contributed by atoms with Gasteiger partial charge in [-0.05, 0) is 6.08 Å². The van der Waals surface area contributed by atoms with Crippen molar-refractivity contribution in [2.45, 2.75) is 0 Å². The number of halogens is 1. The third-order valence-electron chi connectivity index (χ3n) is 0.515. The van der Waals surface area contributed by atoms with Crippen molar-refractivity contribution in [3.63, 3.8) is 0 Å². The van der Waals surface area contributed by atoms with E-state index in [1.54, 1.807) is 6.20 Å². The molecule has 0 bridgehead atoms. The van der Waals surface area contributed by atoms with Crippen LogP contribution in [-0.2, 0) is 0 Å². The lowest BCUT2D eigenvalue weighted by atomic mass is 10.7. The Morgan fingerprint density at radius 1 is 1.71 bits per heavy atom. The Balaban J connectivity index is 2.82. The minimum atomic E-state index is 0.0543. The molecule has 0 atom stereocenters. The van der Waals surface area contributed by atoms with Crippen LogP contribution in [0, 0.1) is 0 Å². The lowest BCUT2D eigenvalue weighted by molar-refractivity contribution is 1.63. The van der Waals surface area contributed by atoms with E-state index < -0.39 is 0 Å². The summed E-state index contributed by atoms with van der Waals surface area (Å²) in [5.74, 6) is 0. The largest absolute Gasteiger partial charge is 0.259 e. The van der Waals surface area contributed by atoms with Crippen LogP contribution >= 0.6 is 33.4 Å². The van der Waals surface area contributed by atoms with Crippen LogP contribution in [0.25, 0.3) is 0 Å². The fourth-order valence-electron chi connectivity index (χ4n) is 0.252. The molecule has 1 aliphatic rings. The Hall–Kier alpha value is 0.360. The molecule has 0 aromatic carbocycles. The number of hydrogen-bond acceptors (Lipinski definition) is 2. The van der Waals surface area contributed by atoms with Crippen molar-refractivity contribution in [2.75, 3.05) is 0 Å². The van der Waals surface area contributed by atoms with Crippen molar-refractivity contribution in [3.8, 4) is 0 Å². The monoisotopic (exact) mass is 225 g/mol. The molecule has 0 radical (unpaired) electrons. The summed E-state index contributed by atoms with van der Waals surface area (Å²) in [5, 5.41) is 0. The van der Waals surface area contributed by atoms with E-state index in [1.807, 2.05) is 10.3 Å². The van der Waals surface area contributed by atoms with Gasteiger partial charge in [0.25, 0.3) is 0 Å². The average molecular weight is 225 g/mol. The molecule has 0 spiro atoms. The second-order valence-electron chi connectivity index (χ2n) is 0.994. The van der Waals surface area contributed by atoms with Crippen molar-refractivity contribution in [2.24, 2.45) is 4.99 Å². The van der Waals surface area contributed by atoms with Crippen LogP contribution in [0.4, 0.5) is 0 Å². The maximum atomic E-state index is 4.15. The Bertz CT molecular complexity index is 148. The molecular weight excluding hydrogens is 221 g/mol. The van der Waals surface area contributed by atoms with E-state index in [4.69, 9.17) is 0 Å². The molecule has 0 aromatic heterocycles. The molecule has 1 rings (SSSR count). The van der Waals surface area contributed by atoms with E-state index in [0.717, 1.165) is 0 Å². The zero-order chi connectivity index (χ0) is 5.11. The molecule has 1 nitrogen and oxygen atoms in total. The van der Waals surface area contributed by atoms with Gasteiger partial charge in [0.05, 0.1) is 4.22 Å². The Kier molecular flexibility index (Phi) is 2.05. The molecule has 38 valence electrons. The fourth-order valence-corrected chi connectivity index (χ4v) is 1.61. The van der Waals surface area contributed by atoms with Gasteiger partial charge in [-0.1, -0.05) is 20.7 Å². The van der Waals surface area contributed by atoms with Gasteiger partial charge in [-0.15, -0.1) is 12.6 Å². The highest BCUT2D eigenvalue weighted by Crippen LogP contribution is 2.05. The lowest BCUT2D eigenvalue weighted by Crippen LogP contribution is -1.75. The first kappa shape index (κ1) is 5.50. The molecule has 0 unspecified atom stereocenters. The van der Waals surface area contributed by atoms with E-state index in [0.29, 0.717) is 0 Å². The van der Waals surface area contributed by atoms with Gasteiger partial charge in [-0.3, -0.25) is 4.99 Å². The number of nitrogens with zero attached hydrogens (tertiary/aromatic N) is 1. The van der Waals surface area contributed by atoms with Crippen molar-refractivity contribution in [1.82, 2.24) is 0 Å². The van der Waals surface area contributed by atoms with Gasteiger partial charge in [0.15, 0.2) is 0 Å². The molecular formula is C4H4INS. The van der Waals surface area contributed by atoms with Gasteiger partial charge >= 0.3 is 0 Å². The first-order valence-corrected chi connectivity index (χ1v) is 4.54. The topological polar surface area (TPSA) is 12.4 Å². The van der Waals surface area contributed by atoms with Crippen LogP contribution in [0.15, 0.2) is 17.3 Å². The molecule has 1 heterocycles. The maximum Gasteiger partial charge on any atom is 0.0607 e. The Morgan fingerprint density at radius 3 is 2.86 bits per heavy atom. The summed E-state index contributed by atoms with van der Waals surface area (Å²) in [7, 11) is 0. The van der Waals surface area contributed by atoms with E-state index in [9.17, 15) is 0 Å². The first-order valence-electron chi connectivity index (χ1n) is 1.77. The molecule has 3 heteroatoms. The molecule has 1 aliphatic heterocycles. The van der Waals surface area contributed by atoms with Crippen LogP contribution in [0.3, 0.4) is 0 Å². The van der Waals surface area contributed by atoms with E-state index in [-0.39, 0.29) is 20.7 Å². The quantitative estimate of drug-likeness (QED) is 0.474. The lowest BCUT2D eigenvalue weighted by Gasteiger charge is -1.86. The van der Waals surface area contributed by atoms with Gasteiger partial charge in [0, 0.05) is 9.04 Å². The number of hydrogen-bond donors (Lipinski definition) is 1. The highest BCUT2D eigenvalue weighted by molar-refractivity contribution is 14.2. The highest BCUT2D eigenvalue weighted by Gasteiger charge is 1.81. The third-order valence-corrected chi connectivity index (χ3v) is 2.92. The van der Waals surface area contributed by atoms with Crippen LogP contribution in [0.2, 0.25) is 0 Å². The summed E-state index contributed by atoms with van der Waals surface area (Å²) < 4.78 is 3.13. The SMILES string of the molecule is SC1=IC=NC=C1. The predicted molar refractivity (Wildman–Crippen MR) is 45.6 cm³/mol. The van der Waals surface area contributed by atoms with Crippen LogP contribution < -0.4 is 0 Å². The second kappa shape index (κ2) is 2.61. The van der Waals surface area contributed by atoms with Gasteiger partial charge < -0.3 is 0 Å². The third kappa shape index (κ3) is 1.73. The van der Waals surface area contributed by atoms with E-state index >= 15 is 0 Å². The molecule has 0 amide bonds. The summed E-state index contributed by atoms with van der Waals surface area (Å²) in [6, 6.07) is 0. The average Bonchev–Trinajstić information content (AvgIpc) is 1.69. The van der Waals surface area contributed by atoms with Crippen molar-refractivity contribution in [1.29, 1.82) is 0 Å². The molecule has 0 N–H and O–H groups in total. The summed E-state index contributed by atoms with van der Waals surface area (Å²) >= 11 is 4.20. The van der Waals surface area contributed by atoms with Crippen molar-refractivity contribution < 1.29 is 0 Å². The molecule has 0 saturated heterocycles. The Morgan fingerprint density at radius 2 is 2.57 bits per heavy atom. The summed E-state index contributed by atoms with van der Waals surface area (Å²) in [4.78, 5) is 3.90. The molecule has 0 saturated carbocycles. The van der Waals surface area contributed by atoms with E-state index in [1.165, 1.54) is 2.84 Å². The highest BCUT2D eigenvalue weighted by atomic mass is 127.